The fraction of sp³-hybridized carbons (Fsp3) is 0.425. The van der Waals surface area contributed by atoms with Crippen LogP contribution in [0.25, 0.3) is 22.4 Å². The van der Waals surface area contributed by atoms with Crippen molar-refractivity contribution in [3.8, 4) is 11.5 Å². The van der Waals surface area contributed by atoms with E-state index in [0.717, 1.165) is 22.9 Å². The molecule has 0 saturated carbocycles. The summed E-state index contributed by atoms with van der Waals surface area (Å²) in [6, 6.07) is 12.9. The van der Waals surface area contributed by atoms with Crippen LogP contribution in [-0.4, -0.2) is 69.3 Å². The number of sulfone groups is 1. The van der Waals surface area contributed by atoms with Gasteiger partial charge < -0.3 is 14.5 Å². The Morgan fingerprint density at radius 3 is 2.58 bits per heavy atom. The molecule has 2 aromatic carbocycles. The van der Waals surface area contributed by atoms with E-state index in [2.05, 4.69) is 9.97 Å². The second kappa shape index (κ2) is 15.8. The normalized spacial score (nSPS) is 19.1. The average molecular weight is 794 g/mol. The second-order valence-electron chi connectivity index (χ2n) is 15.2. The molecule has 1 aliphatic rings. The minimum Gasteiger partial charge on any atom is -0.462 e. The molecule has 1 aliphatic heterocycles. The van der Waals surface area contributed by atoms with E-state index < -0.39 is 50.3 Å². The number of carbonyl (C=O) groups is 2. The second-order valence-corrected chi connectivity index (χ2v) is 18.5. The molecule has 0 saturated heterocycles. The molecule has 11 nitrogen and oxygen atoms in total. The van der Waals surface area contributed by atoms with Crippen LogP contribution < -0.4 is 0 Å². The number of aromatic amines is 1. The number of aryl methyl sites for hydroxylation is 2. The first-order valence-electron chi connectivity index (χ1n) is 18.1. The molecular weight excluding hydrogens is 749 g/mol. The smallest absolute Gasteiger partial charge is 0.303 e. The van der Waals surface area contributed by atoms with E-state index in [1.165, 1.54) is 20.0 Å². The highest BCUT2D eigenvalue weighted by molar-refractivity contribution is 7.99. The van der Waals surface area contributed by atoms with Crippen molar-refractivity contribution in [1.82, 2.24) is 24.7 Å². The predicted octanol–water partition coefficient (Wildman–Crippen LogP) is 7.30. The average Bonchev–Trinajstić information content (AvgIpc) is 3.76. The van der Waals surface area contributed by atoms with Gasteiger partial charge in [0.15, 0.2) is 33.1 Å². The number of benzene rings is 2. The lowest BCUT2D eigenvalue weighted by Crippen LogP contribution is -2.29. The maximum atomic E-state index is 15.9. The molecule has 2 atom stereocenters. The van der Waals surface area contributed by atoms with Crippen LogP contribution in [0.4, 0.5) is 8.78 Å². The Balaban J connectivity index is 1.44. The number of H-pyrrole nitrogens is 1. The number of aromatic nitrogens is 5. The van der Waals surface area contributed by atoms with Crippen molar-refractivity contribution in [1.29, 1.82) is 0 Å². The molecule has 0 radical (unpaired) electrons. The molecule has 6 rings (SSSR count). The minimum atomic E-state index is -3.64. The van der Waals surface area contributed by atoms with Gasteiger partial charge in [-0.2, -0.15) is 5.10 Å². The third kappa shape index (κ3) is 9.09. The summed E-state index contributed by atoms with van der Waals surface area (Å²) in [6.07, 6.45) is 4.45. The van der Waals surface area contributed by atoms with Gasteiger partial charge in [-0.1, -0.05) is 56.3 Å². The molecule has 15 heteroatoms. The van der Waals surface area contributed by atoms with Crippen molar-refractivity contribution < 1.29 is 36.3 Å². The van der Waals surface area contributed by atoms with Crippen molar-refractivity contribution in [2.45, 2.75) is 88.0 Å². The topological polar surface area (TPSA) is 146 Å². The van der Waals surface area contributed by atoms with Gasteiger partial charge in [0.1, 0.15) is 18.4 Å². The highest BCUT2D eigenvalue weighted by atomic mass is 32.2. The quantitative estimate of drug-likeness (QED) is 0.174. The number of fused-ring (bicyclic) bond motifs is 8. The largest absolute Gasteiger partial charge is 0.462 e. The van der Waals surface area contributed by atoms with Gasteiger partial charge in [0.2, 0.25) is 0 Å². The minimum absolute atomic E-state index is 0.00135. The Kier molecular flexibility index (Phi) is 11.5. The zero-order chi connectivity index (χ0) is 39.7. The number of halogens is 2. The van der Waals surface area contributed by atoms with E-state index in [0.29, 0.717) is 58.9 Å². The number of esters is 2. The lowest BCUT2D eigenvalue weighted by molar-refractivity contribution is -0.156. The van der Waals surface area contributed by atoms with Crippen LogP contribution in [-0.2, 0) is 54.2 Å². The van der Waals surface area contributed by atoms with Gasteiger partial charge in [-0.3, -0.25) is 14.6 Å². The first-order chi connectivity index (χ1) is 25.9. The molecule has 55 heavy (non-hydrogen) atoms. The van der Waals surface area contributed by atoms with Gasteiger partial charge in [0.05, 0.1) is 27.3 Å². The fourth-order valence-electron chi connectivity index (χ4n) is 7.36. The van der Waals surface area contributed by atoms with Gasteiger partial charge >= 0.3 is 11.9 Å². The number of ether oxygens (including phenoxy) is 2. The molecule has 0 amide bonds. The van der Waals surface area contributed by atoms with E-state index >= 15 is 8.78 Å². The number of carbonyl (C=O) groups excluding carboxylic acids is 2. The summed E-state index contributed by atoms with van der Waals surface area (Å²) in [4.78, 5) is 36.4. The SMILES string of the molecule is CC(=O)OC[C@H](Cc1cccc([C@@]2(C)CCCC(C)(C)CS(=O)(=O)CCc3c(c(F)c(F)c4[nH]ccc34)Sc3ccnc(c3)-c3nc2nn3C)c1)OC(C)=O. The van der Waals surface area contributed by atoms with E-state index in [-0.39, 0.29) is 34.9 Å². The lowest BCUT2D eigenvalue weighted by Gasteiger charge is -2.31. The van der Waals surface area contributed by atoms with Crippen LogP contribution in [0.5, 0.6) is 0 Å². The summed E-state index contributed by atoms with van der Waals surface area (Å²) in [6.45, 7) is 8.41. The molecule has 3 aromatic heterocycles. The number of nitrogens with one attached hydrogen (secondary N) is 1. The first kappa shape index (κ1) is 40.0. The Bertz CT molecular complexity index is 2360. The standard InChI is InChI=1S/C40H45F2N5O6S2/c1-24(48)52-22-28(53-25(2)49)20-26-9-7-10-27(19-26)40(5)15-8-14-39(3,4)23-55(50,51)18-13-31-30-12-17-44-35(30)33(41)34(42)36(31)54-29-11-16-43-32(21-29)37-45-38(40)46-47(37)6/h7,9-12,16-17,19,21,28,44H,8,13-15,18,20,22-23H2,1-6H3/t28-,40+/m0/s1. The van der Waals surface area contributed by atoms with Crippen LogP contribution in [0.2, 0.25) is 0 Å². The van der Waals surface area contributed by atoms with Crippen LogP contribution in [0.3, 0.4) is 0 Å². The third-order valence-electron chi connectivity index (χ3n) is 10.0. The zero-order valence-corrected chi connectivity index (χ0v) is 33.4. The molecule has 0 unspecified atom stereocenters. The van der Waals surface area contributed by atoms with Gasteiger partial charge in [-0.25, -0.2) is 26.9 Å². The maximum Gasteiger partial charge on any atom is 0.303 e. The fourth-order valence-corrected chi connectivity index (χ4v) is 10.4. The first-order valence-corrected chi connectivity index (χ1v) is 20.7. The van der Waals surface area contributed by atoms with Crippen molar-refractivity contribution in [2.24, 2.45) is 12.5 Å². The van der Waals surface area contributed by atoms with Crippen LogP contribution in [0.1, 0.15) is 76.4 Å². The number of hydrogen-bond acceptors (Lipinski definition) is 10. The molecule has 4 bridgehead atoms. The monoisotopic (exact) mass is 793 g/mol. The number of rotatable bonds is 6. The Morgan fingerprint density at radius 1 is 1.05 bits per heavy atom. The molecule has 292 valence electrons. The summed E-state index contributed by atoms with van der Waals surface area (Å²) in [5.41, 5.74) is 1.23. The van der Waals surface area contributed by atoms with Crippen molar-refractivity contribution >= 4 is 44.4 Å². The summed E-state index contributed by atoms with van der Waals surface area (Å²) in [5, 5.41) is 5.34. The van der Waals surface area contributed by atoms with E-state index in [1.54, 1.807) is 36.1 Å². The third-order valence-corrected chi connectivity index (χ3v) is 13.2. The number of nitrogens with zero attached hydrogens (tertiary/aromatic N) is 4. The van der Waals surface area contributed by atoms with Gasteiger partial charge in [-0.05, 0) is 66.5 Å². The summed E-state index contributed by atoms with van der Waals surface area (Å²) < 4.78 is 71.0. The highest BCUT2D eigenvalue weighted by Gasteiger charge is 2.36. The van der Waals surface area contributed by atoms with Crippen molar-refractivity contribution in [2.75, 3.05) is 18.1 Å². The van der Waals surface area contributed by atoms with Crippen LogP contribution in [0, 0.1) is 17.0 Å². The van der Waals surface area contributed by atoms with Crippen molar-refractivity contribution in [3.63, 3.8) is 0 Å². The van der Waals surface area contributed by atoms with E-state index in [4.69, 9.17) is 19.6 Å². The number of hydrogen-bond donors (Lipinski definition) is 1. The highest BCUT2D eigenvalue weighted by Crippen LogP contribution is 2.42. The van der Waals surface area contributed by atoms with Crippen LogP contribution in [0.15, 0.2) is 64.6 Å². The van der Waals surface area contributed by atoms with Gasteiger partial charge in [0.25, 0.3) is 0 Å². The summed E-state index contributed by atoms with van der Waals surface area (Å²) >= 11 is 1.01. The summed E-state index contributed by atoms with van der Waals surface area (Å²) in [5.74, 6) is -2.39. The van der Waals surface area contributed by atoms with Gasteiger partial charge in [-0.15, -0.1) is 0 Å². The molecule has 0 spiro atoms. The van der Waals surface area contributed by atoms with Gasteiger partial charge in [0, 0.05) is 50.0 Å². The van der Waals surface area contributed by atoms with E-state index in [9.17, 15) is 18.0 Å². The Labute approximate surface area is 323 Å². The Morgan fingerprint density at radius 2 is 1.84 bits per heavy atom. The zero-order valence-electron chi connectivity index (χ0n) is 31.7. The molecule has 5 aromatic rings. The summed E-state index contributed by atoms with van der Waals surface area (Å²) in [7, 11) is -1.87. The molecule has 1 N–H and O–H groups in total. The number of pyridine rings is 1. The molecular formula is C40H45F2N5O6S2. The lowest BCUT2D eigenvalue weighted by atomic mass is 9.75. The predicted molar refractivity (Wildman–Crippen MR) is 205 cm³/mol. The Hall–Kier alpha value is -4.63. The van der Waals surface area contributed by atoms with E-state index in [1.807, 2.05) is 45.0 Å². The molecule has 0 fully saturated rings. The van der Waals surface area contributed by atoms with Crippen LogP contribution >= 0.6 is 11.8 Å². The molecule has 0 aliphatic carbocycles. The van der Waals surface area contributed by atoms with Crippen molar-refractivity contribution in [3.05, 3.63) is 89.0 Å². The molecule has 4 heterocycles. The maximum absolute atomic E-state index is 15.9.